The first-order chi connectivity index (χ1) is 7.09. The Morgan fingerprint density at radius 2 is 2.07 bits per heavy atom. The molecule has 0 aliphatic carbocycles. The Balaban J connectivity index is 2.59. The van der Waals surface area contributed by atoms with Gasteiger partial charge in [0, 0.05) is 12.0 Å². The average Bonchev–Trinajstić information content (AvgIpc) is 2.20. The summed E-state index contributed by atoms with van der Waals surface area (Å²) in [5.41, 5.74) is 7.35. The molecule has 0 saturated heterocycles. The number of aryl methyl sites for hydroxylation is 1. The lowest BCUT2D eigenvalue weighted by Gasteiger charge is -1.98. The molecule has 0 aliphatic heterocycles. The van der Waals surface area contributed by atoms with Crippen LogP contribution in [0.1, 0.15) is 17.5 Å². The fraction of sp³-hybridized carbons (Fsp3) is 0.250. The van der Waals surface area contributed by atoms with Crippen molar-refractivity contribution in [2.45, 2.75) is 19.4 Å². The molecule has 78 valence electrons. The Morgan fingerprint density at radius 1 is 1.47 bits per heavy atom. The van der Waals surface area contributed by atoms with Crippen molar-refractivity contribution in [1.29, 1.82) is 0 Å². The highest BCUT2D eigenvalue weighted by Crippen LogP contribution is 2.01. The molecule has 0 aromatic heterocycles. The molecular formula is C12H13NO2. The van der Waals surface area contributed by atoms with E-state index in [1.807, 2.05) is 31.2 Å². The molecule has 3 heteroatoms. The van der Waals surface area contributed by atoms with Crippen molar-refractivity contribution < 1.29 is 9.90 Å². The third-order valence-electron chi connectivity index (χ3n) is 1.92. The van der Waals surface area contributed by atoms with Gasteiger partial charge in [-0.05, 0) is 19.1 Å². The zero-order valence-corrected chi connectivity index (χ0v) is 8.53. The van der Waals surface area contributed by atoms with Gasteiger partial charge in [-0.3, -0.25) is 4.79 Å². The minimum atomic E-state index is -1.02. The van der Waals surface area contributed by atoms with E-state index in [0.717, 1.165) is 5.56 Å². The van der Waals surface area contributed by atoms with Gasteiger partial charge < -0.3 is 10.8 Å². The molecule has 0 fully saturated rings. The Bertz CT molecular complexity index is 398. The Morgan fingerprint density at radius 3 is 2.60 bits per heavy atom. The summed E-state index contributed by atoms with van der Waals surface area (Å²) in [6, 6.07) is 6.81. The van der Waals surface area contributed by atoms with E-state index in [4.69, 9.17) is 10.8 Å². The van der Waals surface area contributed by atoms with Crippen molar-refractivity contribution in [2.24, 2.45) is 5.73 Å². The number of hydrogen-bond acceptors (Lipinski definition) is 2. The van der Waals surface area contributed by atoms with Gasteiger partial charge in [-0.2, -0.15) is 0 Å². The molecule has 3 nitrogen and oxygen atoms in total. The molecular weight excluding hydrogens is 190 g/mol. The molecule has 0 bridgehead atoms. The Labute approximate surface area is 88.9 Å². The standard InChI is InChI=1S/C12H13NO2/c1-9-5-7-10(8-6-9)3-2-4-11(13)12(14)15/h5-8,11H,4,13H2,1H3,(H,14,15). The number of benzene rings is 1. The molecule has 0 amide bonds. The van der Waals surface area contributed by atoms with E-state index in [9.17, 15) is 4.79 Å². The van der Waals surface area contributed by atoms with Crippen molar-refractivity contribution in [3.8, 4) is 11.8 Å². The molecule has 0 heterocycles. The molecule has 1 unspecified atom stereocenters. The summed E-state index contributed by atoms with van der Waals surface area (Å²) in [5, 5.41) is 8.52. The van der Waals surface area contributed by atoms with Crippen molar-refractivity contribution in [2.75, 3.05) is 0 Å². The lowest BCUT2D eigenvalue weighted by molar-refractivity contribution is -0.138. The van der Waals surface area contributed by atoms with E-state index < -0.39 is 12.0 Å². The van der Waals surface area contributed by atoms with Gasteiger partial charge in [0.2, 0.25) is 0 Å². The smallest absolute Gasteiger partial charge is 0.321 e. The van der Waals surface area contributed by atoms with Crippen LogP contribution in [0.25, 0.3) is 0 Å². The normalized spacial score (nSPS) is 11.3. The summed E-state index contributed by atoms with van der Waals surface area (Å²) in [6.45, 7) is 2.00. The van der Waals surface area contributed by atoms with Gasteiger partial charge in [0.15, 0.2) is 0 Å². The van der Waals surface area contributed by atoms with E-state index in [1.54, 1.807) is 0 Å². The van der Waals surface area contributed by atoms with Crippen LogP contribution in [0.4, 0.5) is 0 Å². The molecule has 1 aromatic rings. The highest BCUT2D eigenvalue weighted by molar-refractivity contribution is 5.73. The number of rotatable bonds is 2. The maximum Gasteiger partial charge on any atom is 0.321 e. The summed E-state index contributed by atoms with van der Waals surface area (Å²) < 4.78 is 0. The van der Waals surface area contributed by atoms with Gasteiger partial charge in [-0.15, -0.1) is 0 Å². The Kier molecular flexibility index (Phi) is 3.90. The van der Waals surface area contributed by atoms with Crippen molar-refractivity contribution in [3.05, 3.63) is 35.4 Å². The van der Waals surface area contributed by atoms with Crippen LogP contribution >= 0.6 is 0 Å². The molecule has 1 atom stereocenters. The largest absolute Gasteiger partial charge is 0.480 e. The summed E-state index contributed by atoms with van der Waals surface area (Å²) in [7, 11) is 0. The summed E-state index contributed by atoms with van der Waals surface area (Å²) in [6.07, 6.45) is 0.170. The predicted octanol–water partition coefficient (Wildman–Crippen LogP) is 1.15. The number of nitrogens with two attached hydrogens (primary N) is 1. The fourth-order valence-electron chi connectivity index (χ4n) is 0.987. The van der Waals surface area contributed by atoms with Crippen molar-refractivity contribution in [1.82, 2.24) is 0 Å². The molecule has 0 spiro atoms. The highest BCUT2D eigenvalue weighted by Gasteiger charge is 2.07. The number of carbonyl (C=O) groups is 1. The van der Waals surface area contributed by atoms with Gasteiger partial charge in [-0.25, -0.2) is 0 Å². The van der Waals surface area contributed by atoms with E-state index in [2.05, 4.69) is 11.8 Å². The number of carboxylic acids is 1. The number of aliphatic carboxylic acids is 1. The lowest BCUT2D eigenvalue weighted by atomic mass is 10.1. The van der Waals surface area contributed by atoms with Crippen LogP contribution in [0, 0.1) is 18.8 Å². The molecule has 1 rings (SSSR count). The maximum absolute atomic E-state index is 10.4. The van der Waals surface area contributed by atoms with E-state index in [1.165, 1.54) is 5.56 Å². The van der Waals surface area contributed by atoms with Gasteiger partial charge >= 0.3 is 5.97 Å². The van der Waals surface area contributed by atoms with Crippen molar-refractivity contribution in [3.63, 3.8) is 0 Å². The first-order valence-corrected chi connectivity index (χ1v) is 4.63. The molecule has 0 aliphatic rings. The van der Waals surface area contributed by atoms with E-state index in [0.29, 0.717) is 0 Å². The minimum absolute atomic E-state index is 0.170. The van der Waals surface area contributed by atoms with Crippen LogP contribution in [-0.4, -0.2) is 17.1 Å². The minimum Gasteiger partial charge on any atom is -0.480 e. The molecule has 3 N–H and O–H groups in total. The van der Waals surface area contributed by atoms with Crippen LogP contribution in [0.3, 0.4) is 0 Å². The van der Waals surface area contributed by atoms with Crippen LogP contribution < -0.4 is 5.73 Å². The Hall–Kier alpha value is -1.79. The first-order valence-electron chi connectivity index (χ1n) is 4.63. The monoisotopic (exact) mass is 203 g/mol. The fourth-order valence-corrected chi connectivity index (χ4v) is 0.987. The second-order valence-electron chi connectivity index (χ2n) is 3.32. The predicted molar refractivity (Wildman–Crippen MR) is 58.3 cm³/mol. The van der Waals surface area contributed by atoms with Gasteiger partial charge in [0.1, 0.15) is 6.04 Å². The van der Waals surface area contributed by atoms with Crippen molar-refractivity contribution >= 4 is 5.97 Å². The SMILES string of the molecule is Cc1ccc(C#CCC(N)C(=O)O)cc1. The quantitative estimate of drug-likeness (QED) is 0.709. The van der Waals surface area contributed by atoms with Gasteiger partial charge in [0.05, 0.1) is 0 Å². The van der Waals surface area contributed by atoms with E-state index >= 15 is 0 Å². The first kappa shape index (κ1) is 11.3. The summed E-state index contributed by atoms with van der Waals surface area (Å²) in [4.78, 5) is 10.4. The number of hydrogen-bond donors (Lipinski definition) is 2. The third kappa shape index (κ3) is 3.84. The zero-order chi connectivity index (χ0) is 11.3. The van der Waals surface area contributed by atoms with Crippen LogP contribution in [-0.2, 0) is 4.79 Å². The molecule has 1 aromatic carbocycles. The second kappa shape index (κ2) is 5.18. The highest BCUT2D eigenvalue weighted by atomic mass is 16.4. The zero-order valence-electron chi connectivity index (χ0n) is 8.53. The second-order valence-corrected chi connectivity index (χ2v) is 3.32. The molecule has 0 radical (unpaired) electrons. The molecule has 0 saturated carbocycles. The lowest BCUT2D eigenvalue weighted by Crippen LogP contribution is -2.29. The van der Waals surface area contributed by atoms with E-state index in [-0.39, 0.29) is 6.42 Å². The van der Waals surface area contributed by atoms with Crippen LogP contribution in [0.15, 0.2) is 24.3 Å². The van der Waals surface area contributed by atoms with Crippen LogP contribution in [0.5, 0.6) is 0 Å². The maximum atomic E-state index is 10.4. The topological polar surface area (TPSA) is 63.3 Å². The van der Waals surface area contributed by atoms with Crippen LogP contribution in [0.2, 0.25) is 0 Å². The summed E-state index contributed by atoms with van der Waals surface area (Å²) in [5.74, 6) is 4.59. The number of carboxylic acid groups (broad SMARTS) is 1. The summed E-state index contributed by atoms with van der Waals surface area (Å²) >= 11 is 0. The third-order valence-corrected chi connectivity index (χ3v) is 1.92. The van der Waals surface area contributed by atoms with Gasteiger partial charge in [0.25, 0.3) is 0 Å². The molecule has 15 heavy (non-hydrogen) atoms. The van der Waals surface area contributed by atoms with Gasteiger partial charge in [-0.1, -0.05) is 29.5 Å². The average molecular weight is 203 g/mol.